The number of hydrogen-bond acceptors (Lipinski definition) is 5. The molecule has 2 unspecified atom stereocenters. The van der Waals surface area contributed by atoms with Gasteiger partial charge in [0.05, 0.1) is 5.30 Å². The molecule has 5 aromatic rings. The van der Waals surface area contributed by atoms with E-state index in [1.807, 2.05) is 104 Å². The zero-order valence-corrected chi connectivity index (χ0v) is 22.3. The van der Waals surface area contributed by atoms with Gasteiger partial charge in [0.25, 0.3) is 7.37 Å². The standard InChI is InChI=1S/C33H28NO4P/c1-33(25-16-20-27(35)21-17-25,24-14-18-26(19-15-24)34-22-23-8-2-5-11-30(23)36)39(37)32-13-7-4-10-29(32)28-9-3-6-12-31(28)38-39/h2-21,34-36H,22H2,1H3. The first-order valence-electron chi connectivity index (χ1n) is 12.8. The third-order valence-electron chi connectivity index (χ3n) is 7.57. The average Bonchev–Trinajstić information content (AvgIpc) is 2.97. The van der Waals surface area contributed by atoms with Crippen molar-refractivity contribution in [3.63, 3.8) is 0 Å². The number of hydrogen-bond donors (Lipinski definition) is 3. The van der Waals surface area contributed by atoms with Crippen molar-refractivity contribution in [2.75, 3.05) is 5.32 Å². The van der Waals surface area contributed by atoms with Crippen LogP contribution in [0.5, 0.6) is 17.2 Å². The Morgan fingerprint density at radius 3 is 2.03 bits per heavy atom. The Labute approximate surface area is 227 Å². The zero-order chi connectivity index (χ0) is 27.0. The van der Waals surface area contributed by atoms with Gasteiger partial charge in [-0.25, -0.2) is 0 Å². The van der Waals surface area contributed by atoms with Crippen molar-refractivity contribution >= 4 is 18.4 Å². The molecule has 0 aliphatic carbocycles. The number of nitrogens with one attached hydrogen (secondary N) is 1. The fourth-order valence-corrected chi connectivity index (χ4v) is 8.28. The van der Waals surface area contributed by atoms with E-state index in [0.29, 0.717) is 17.6 Å². The molecule has 6 heteroatoms. The average molecular weight is 534 g/mol. The van der Waals surface area contributed by atoms with Gasteiger partial charge in [-0.05, 0) is 66.1 Å². The second-order valence-electron chi connectivity index (χ2n) is 9.83. The van der Waals surface area contributed by atoms with Crippen LogP contribution in [0, 0.1) is 0 Å². The number of aromatic hydroxyl groups is 2. The maximum atomic E-state index is 15.4. The lowest BCUT2D eigenvalue weighted by Crippen LogP contribution is -2.34. The fraction of sp³-hybridized carbons (Fsp3) is 0.0909. The highest BCUT2D eigenvalue weighted by molar-refractivity contribution is 7.69. The quantitative estimate of drug-likeness (QED) is 0.196. The Bertz CT molecular complexity index is 1700. The van der Waals surface area contributed by atoms with Crippen molar-refractivity contribution in [3.8, 4) is 28.4 Å². The smallest absolute Gasteiger partial charge is 0.292 e. The first-order valence-corrected chi connectivity index (χ1v) is 14.4. The molecule has 0 bridgehead atoms. The summed E-state index contributed by atoms with van der Waals surface area (Å²) >= 11 is 0. The summed E-state index contributed by atoms with van der Waals surface area (Å²) in [6.45, 7) is 2.42. The Balaban J connectivity index is 1.46. The summed E-state index contributed by atoms with van der Waals surface area (Å²) in [4.78, 5) is 0. The summed E-state index contributed by atoms with van der Waals surface area (Å²) in [7, 11) is -3.64. The van der Waals surface area contributed by atoms with Crippen LogP contribution in [0.4, 0.5) is 5.69 Å². The second-order valence-corrected chi connectivity index (χ2v) is 12.5. The molecule has 0 saturated heterocycles. The van der Waals surface area contributed by atoms with E-state index in [0.717, 1.165) is 33.5 Å². The van der Waals surface area contributed by atoms with Crippen LogP contribution in [0.1, 0.15) is 23.6 Å². The molecule has 5 aromatic carbocycles. The van der Waals surface area contributed by atoms with Crippen LogP contribution in [0.2, 0.25) is 0 Å². The Hall–Kier alpha value is -4.47. The van der Waals surface area contributed by atoms with E-state index in [1.165, 1.54) is 0 Å². The lowest BCUT2D eigenvalue weighted by molar-refractivity contribution is 0.461. The first kappa shape index (κ1) is 24.8. The van der Waals surface area contributed by atoms with Crippen molar-refractivity contribution in [2.45, 2.75) is 18.6 Å². The van der Waals surface area contributed by atoms with Gasteiger partial charge in [0.15, 0.2) is 0 Å². The van der Waals surface area contributed by atoms with Crippen molar-refractivity contribution in [3.05, 3.63) is 138 Å². The Kier molecular flexibility index (Phi) is 6.17. The van der Waals surface area contributed by atoms with Gasteiger partial charge in [0, 0.05) is 23.4 Å². The highest BCUT2D eigenvalue weighted by Crippen LogP contribution is 2.68. The summed E-state index contributed by atoms with van der Waals surface area (Å²) in [5, 5.41) is 23.1. The molecule has 2 atom stereocenters. The minimum atomic E-state index is -3.64. The molecule has 0 fully saturated rings. The van der Waals surface area contributed by atoms with E-state index in [-0.39, 0.29) is 11.5 Å². The molecule has 0 aromatic heterocycles. The first-order chi connectivity index (χ1) is 18.9. The van der Waals surface area contributed by atoms with Gasteiger partial charge in [-0.15, -0.1) is 0 Å². The summed E-state index contributed by atoms with van der Waals surface area (Å²) < 4.78 is 22.0. The summed E-state index contributed by atoms with van der Waals surface area (Å²) in [5.74, 6) is 0.969. The molecular weight excluding hydrogens is 505 g/mol. The predicted octanol–water partition coefficient (Wildman–Crippen LogP) is 7.64. The molecule has 0 amide bonds. The van der Waals surface area contributed by atoms with Crippen LogP contribution < -0.4 is 15.1 Å². The van der Waals surface area contributed by atoms with E-state index in [4.69, 9.17) is 4.52 Å². The van der Waals surface area contributed by atoms with E-state index in [1.54, 1.807) is 24.3 Å². The predicted molar refractivity (Wildman–Crippen MR) is 156 cm³/mol. The number of phenolic OH excluding ortho intramolecular Hbond substituents is 2. The van der Waals surface area contributed by atoms with Crippen molar-refractivity contribution in [2.24, 2.45) is 0 Å². The summed E-state index contributed by atoms with van der Waals surface area (Å²) in [5.41, 5.74) is 5.06. The molecule has 1 aliphatic rings. The van der Waals surface area contributed by atoms with Gasteiger partial charge >= 0.3 is 0 Å². The van der Waals surface area contributed by atoms with Gasteiger partial charge in [-0.2, -0.15) is 0 Å². The lowest BCUT2D eigenvalue weighted by atomic mass is 9.91. The van der Waals surface area contributed by atoms with Crippen LogP contribution in [0.15, 0.2) is 121 Å². The molecule has 0 saturated carbocycles. The normalized spacial score (nSPS) is 17.3. The Morgan fingerprint density at radius 2 is 1.31 bits per heavy atom. The molecule has 1 aliphatic heterocycles. The number of para-hydroxylation sites is 2. The molecule has 1 heterocycles. The fourth-order valence-electron chi connectivity index (χ4n) is 5.31. The zero-order valence-electron chi connectivity index (χ0n) is 21.4. The molecule has 6 rings (SSSR count). The number of fused-ring (bicyclic) bond motifs is 3. The monoisotopic (exact) mass is 533 g/mol. The van der Waals surface area contributed by atoms with Crippen LogP contribution in [0.3, 0.4) is 0 Å². The molecule has 3 N–H and O–H groups in total. The maximum absolute atomic E-state index is 15.4. The van der Waals surface area contributed by atoms with Crippen molar-refractivity contribution < 1.29 is 19.3 Å². The minimum absolute atomic E-state index is 0.137. The SMILES string of the molecule is CC(c1ccc(O)cc1)(c1ccc(NCc2ccccc2O)cc1)P1(=O)Oc2ccccc2-c2ccccc21. The number of rotatable bonds is 6. The van der Waals surface area contributed by atoms with Gasteiger partial charge < -0.3 is 20.1 Å². The molecule has 0 radical (unpaired) electrons. The van der Waals surface area contributed by atoms with Gasteiger partial charge in [-0.3, -0.25) is 4.57 Å². The number of anilines is 1. The second kappa shape index (κ2) is 9.68. The lowest BCUT2D eigenvalue weighted by Gasteiger charge is -2.41. The van der Waals surface area contributed by atoms with E-state index in [9.17, 15) is 10.2 Å². The van der Waals surface area contributed by atoms with Crippen LogP contribution in [-0.4, -0.2) is 10.2 Å². The van der Waals surface area contributed by atoms with E-state index < -0.39 is 12.5 Å². The van der Waals surface area contributed by atoms with Gasteiger partial charge in [0.2, 0.25) is 0 Å². The van der Waals surface area contributed by atoms with Crippen molar-refractivity contribution in [1.29, 1.82) is 0 Å². The number of phenols is 2. The van der Waals surface area contributed by atoms with Crippen LogP contribution >= 0.6 is 7.37 Å². The third-order valence-corrected chi connectivity index (χ3v) is 10.7. The minimum Gasteiger partial charge on any atom is -0.508 e. The highest BCUT2D eigenvalue weighted by Gasteiger charge is 2.53. The third kappa shape index (κ3) is 4.16. The molecule has 194 valence electrons. The van der Waals surface area contributed by atoms with Crippen LogP contribution in [-0.2, 0) is 16.3 Å². The van der Waals surface area contributed by atoms with Crippen LogP contribution in [0.25, 0.3) is 11.1 Å². The van der Waals surface area contributed by atoms with Gasteiger partial charge in [0.1, 0.15) is 22.4 Å². The van der Waals surface area contributed by atoms with Crippen molar-refractivity contribution in [1.82, 2.24) is 0 Å². The summed E-state index contributed by atoms with van der Waals surface area (Å²) in [6, 6.07) is 37.3. The van der Waals surface area contributed by atoms with E-state index >= 15 is 4.57 Å². The topological polar surface area (TPSA) is 78.8 Å². The largest absolute Gasteiger partial charge is 0.508 e. The van der Waals surface area contributed by atoms with Gasteiger partial charge in [-0.1, -0.05) is 78.9 Å². The highest BCUT2D eigenvalue weighted by atomic mass is 31.2. The Morgan fingerprint density at radius 1 is 0.718 bits per heavy atom. The molecular formula is C33H28NO4P. The molecule has 5 nitrogen and oxygen atoms in total. The number of benzene rings is 5. The molecule has 0 spiro atoms. The van der Waals surface area contributed by atoms with E-state index in [2.05, 4.69) is 5.32 Å². The summed E-state index contributed by atoms with van der Waals surface area (Å²) in [6.07, 6.45) is 0. The maximum Gasteiger partial charge on any atom is 0.292 e. The molecule has 39 heavy (non-hydrogen) atoms.